The third-order valence-corrected chi connectivity index (χ3v) is 5.25. The fraction of sp³-hybridized carbons (Fsp3) is 0.545. The SMILES string of the molecule is Cc1cc(-c2cnn(CC3CCN(C(=O)OC(C)(C)C)CC3)c2)cc(F)c1CO. The van der Waals surface area contributed by atoms with Crippen LogP contribution in [-0.2, 0) is 17.9 Å². The molecule has 2 heterocycles. The van der Waals surface area contributed by atoms with Crippen LogP contribution < -0.4 is 0 Å². The molecule has 158 valence electrons. The first-order valence-electron chi connectivity index (χ1n) is 10.1. The van der Waals surface area contributed by atoms with Crippen molar-refractivity contribution in [3.05, 3.63) is 41.5 Å². The highest BCUT2D eigenvalue weighted by Crippen LogP contribution is 2.26. The number of halogens is 1. The van der Waals surface area contributed by atoms with Crippen LogP contribution in [0.5, 0.6) is 0 Å². The number of amides is 1. The lowest BCUT2D eigenvalue weighted by Crippen LogP contribution is -2.42. The van der Waals surface area contributed by atoms with Gasteiger partial charge in [0.05, 0.1) is 12.8 Å². The number of aliphatic hydroxyl groups excluding tert-OH is 1. The third kappa shape index (κ3) is 5.35. The van der Waals surface area contributed by atoms with Crippen LogP contribution in [-0.4, -0.2) is 44.6 Å². The number of nitrogens with zero attached hydrogens (tertiary/aromatic N) is 3. The minimum Gasteiger partial charge on any atom is -0.444 e. The Labute approximate surface area is 171 Å². The fourth-order valence-electron chi connectivity index (χ4n) is 3.64. The highest BCUT2D eigenvalue weighted by Gasteiger charge is 2.27. The number of aromatic nitrogens is 2. The first-order chi connectivity index (χ1) is 13.7. The van der Waals surface area contributed by atoms with Gasteiger partial charge in [-0.25, -0.2) is 9.18 Å². The van der Waals surface area contributed by atoms with Crippen LogP contribution in [0.2, 0.25) is 0 Å². The molecular formula is C22H30FN3O3. The molecule has 6 nitrogen and oxygen atoms in total. The van der Waals surface area contributed by atoms with E-state index < -0.39 is 11.4 Å². The molecule has 3 rings (SSSR count). The van der Waals surface area contributed by atoms with Crippen LogP contribution in [0.4, 0.5) is 9.18 Å². The maximum atomic E-state index is 14.2. The van der Waals surface area contributed by atoms with Crippen molar-refractivity contribution < 1.29 is 19.0 Å². The molecule has 0 unspecified atom stereocenters. The summed E-state index contributed by atoms with van der Waals surface area (Å²) in [6.45, 7) is 9.23. The van der Waals surface area contributed by atoms with Crippen LogP contribution in [0.25, 0.3) is 11.1 Å². The fourth-order valence-corrected chi connectivity index (χ4v) is 3.64. The number of ether oxygens (including phenoxy) is 1. The van der Waals surface area contributed by atoms with Gasteiger partial charge < -0.3 is 14.7 Å². The average molecular weight is 403 g/mol. The molecule has 29 heavy (non-hydrogen) atoms. The summed E-state index contributed by atoms with van der Waals surface area (Å²) in [5, 5.41) is 13.7. The molecule has 1 saturated heterocycles. The molecule has 1 aliphatic rings. The number of hydrogen-bond acceptors (Lipinski definition) is 4. The van der Waals surface area contributed by atoms with Crippen LogP contribution in [0.1, 0.15) is 44.7 Å². The molecule has 1 fully saturated rings. The van der Waals surface area contributed by atoms with Crippen LogP contribution in [0.3, 0.4) is 0 Å². The second kappa shape index (κ2) is 8.53. The lowest BCUT2D eigenvalue weighted by Gasteiger charge is -2.33. The highest BCUT2D eigenvalue weighted by atomic mass is 19.1. The number of likely N-dealkylation sites (tertiary alicyclic amines) is 1. The number of aliphatic hydroxyl groups is 1. The topological polar surface area (TPSA) is 67.6 Å². The summed E-state index contributed by atoms with van der Waals surface area (Å²) in [7, 11) is 0. The predicted molar refractivity (Wildman–Crippen MR) is 109 cm³/mol. The van der Waals surface area contributed by atoms with Crippen molar-refractivity contribution in [1.29, 1.82) is 0 Å². The van der Waals surface area contributed by atoms with Gasteiger partial charge in [0.1, 0.15) is 11.4 Å². The minimum atomic E-state index is -0.480. The van der Waals surface area contributed by atoms with E-state index in [1.807, 2.05) is 37.7 Å². The van der Waals surface area contributed by atoms with Crippen molar-refractivity contribution in [3.63, 3.8) is 0 Å². The number of piperidine rings is 1. The zero-order valence-electron chi connectivity index (χ0n) is 17.6. The lowest BCUT2D eigenvalue weighted by atomic mass is 9.97. The first kappa shape index (κ1) is 21.3. The molecule has 1 aromatic carbocycles. The predicted octanol–water partition coefficient (Wildman–Crippen LogP) is 4.14. The van der Waals surface area contributed by atoms with Gasteiger partial charge in [-0.05, 0) is 63.6 Å². The molecule has 7 heteroatoms. The summed E-state index contributed by atoms with van der Waals surface area (Å²) < 4.78 is 21.5. The van der Waals surface area contributed by atoms with Crippen LogP contribution >= 0.6 is 0 Å². The number of carbonyl (C=O) groups excluding carboxylic acids is 1. The Bertz CT molecular complexity index is 841. The molecule has 1 amide bonds. The largest absolute Gasteiger partial charge is 0.444 e. The smallest absolute Gasteiger partial charge is 0.410 e. The Morgan fingerprint density at radius 1 is 1.28 bits per heavy atom. The van der Waals surface area contributed by atoms with Gasteiger partial charge in [-0.3, -0.25) is 4.68 Å². The van der Waals surface area contributed by atoms with E-state index in [0.29, 0.717) is 24.6 Å². The summed E-state index contributed by atoms with van der Waals surface area (Å²) in [5.74, 6) is 0.0291. The van der Waals surface area contributed by atoms with Gasteiger partial charge in [0.25, 0.3) is 0 Å². The van der Waals surface area contributed by atoms with Gasteiger partial charge >= 0.3 is 6.09 Å². The highest BCUT2D eigenvalue weighted by molar-refractivity contribution is 5.68. The standard InChI is InChI=1S/C22H30FN3O3/c1-15-9-17(10-20(23)19(15)14-27)18-11-24-26(13-18)12-16-5-7-25(8-6-16)21(28)29-22(2,3)4/h9-11,13,16,27H,5-8,12,14H2,1-4H3. The van der Waals surface area contributed by atoms with Crippen molar-refractivity contribution in [2.45, 2.75) is 59.3 Å². The average Bonchev–Trinajstić information content (AvgIpc) is 3.09. The van der Waals surface area contributed by atoms with Crippen molar-refractivity contribution in [2.75, 3.05) is 13.1 Å². The Hall–Kier alpha value is -2.41. The Morgan fingerprint density at radius 3 is 2.55 bits per heavy atom. The molecule has 2 aromatic rings. The van der Waals surface area contributed by atoms with Crippen molar-refractivity contribution >= 4 is 6.09 Å². The Kier molecular flexibility index (Phi) is 6.27. The zero-order chi connectivity index (χ0) is 21.2. The van der Waals surface area contributed by atoms with Gasteiger partial charge in [0, 0.05) is 37.0 Å². The number of rotatable bonds is 4. The Morgan fingerprint density at radius 2 is 1.97 bits per heavy atom. The van der Waals surface area contributed by atoms with E-state index in [2.05, 4.69) is 5.10 Å². The summed E-state index contributed by atoms with van der Waals surface area (Å²) in [5.41, 5.74) is 2.18. The van der Waals surface area contributed by atoms with Crippen molar-refractivity contribution in [1.82, 2.24) is 14.7 Å². The van der Waals surface area contributed by atoms with E-state index in [9.17, 15) is 14.3 Å². The molecule has 0 spiro atoms. The van der Waals surface area contributed by atoms with E-state index in [-0.39, 0.29) is 12.7 Å². The molecule has 1 aliphatic heterocycles. The molecule has 0 aliphatic carbocycles. The second-order valence-corrected chi connectivity index (χ2v) is 8.77. The maximum absolute atomic E-state index is 14.2. The van der Waals surface area contributed by atoms with E-state index >= 15 is 0 Å². The summed E-state index contributed by atoms with van der Waals surface area (Å²) in [6, 6.07) is 3.31. The number of carbonyl (C=O) groups is 1. The number of aryl methyl sites for hydroxylation is 1. The molecule has 0 saturated carbocycles. The minimum absolute atomic E-state index is 0.249. The summed E-state index contributed by atoms with van der Waals surface area (Å²) in [6.07, 6.45) is 5.21. The molecular weight excluding hydrogens is 373 g/mol. The third-order valence-electron chi connectivity index (χ3n) is 5.25. The van der Waals surface area contributed by atoms with E-state index in [0.717, 1.165) is 36.1 Å². The van der Waals surface area contributed by atoms with Gasteiger partial charge in [-0.1, -0.05) is 6.07 Å². The van der Waals surface area contributed by atoms with Gasteiger partial charge in [0.15, 0.2) is 0 Å². The molecule has 0 atom stereocenters. The van der Waals surface area contributed by atoms with Gasteiger partial charge in [-0.2, -0.15) is 5.10 Å². The van der Waals surface area contributed by atoms with E-state index in [1.165, 1.54) is 6.07 Å². The molecule has 1 N–H and O–H groups in total. The second-order valence-electron chi connectivity index (χ2n) is 8.77. The maximum Gasteiger partial charge on any atom is 0.410 e. The van der Waals surface area contributed by atoms with Crippen molar-refractivity contribution in [3.8, 4) is 11.1 Å². The summed E-state index contributed by atoms with van der Waals surface area (Å²) in [4.78, 5) is 13.9. The van der Waals surface area contributed by atoms with Crippen LogP contribution in [0.15, 0.2) is 24.5 Å². The van der Waals surface area contributed by atoms with Gasteiger partial charge in [-0.15, -0.1) is 0 Å². The van der Waals surface area contributed by atoms with Crippen molar-refractivity contribution in [2.24, 2.45) is 5.92 Å². The van der Waals surface area contributed by atoms with E-state index in [4.69, 9.17) is 4.74 Å². The van der Waals surface area contributed by atoms with Crippen LogP contribution in [0, 0.1) is 18.7 Å². The van der Waals surface area contributed by atoms with Gasteiger partial charge in [0.2, 0.25) is 0 Å². The normalized spacial score (nSPS) is 15.6. The quantitative estimate of drug-likeness (QED) is 0.833. The number of benzene rings is 1. The monoisotopic (exact) mass is 403 g/mol. The Balaban J connectivity index is 1.59. The molecule has 0 bridgehead atoms. The summed E-state index contributed by atoms with van der Waals surface area (Å²) >= 11 is 0. The first-order valence-corrected chi connectivity index (χ1v) is 10.1. The molecule has 0 radical (unpaired) electrons. The number of hydrogen-bond donors (Lipinski definition) is 1. The molecule has 1 aromatic heterocycles. The lowest BCUT2D eigenvalue weighted by molar-refractivity contribution is 0.0177. The van der Waals surface area contributed by atoms with E-state index in [1.54, 1.807) is 18.0 Å². The zero-order valence-corrected chi connectivity index (χ0v) is 17.6.